The molecule has 4 aliphatic rings. The number of rotatable bonds is 7. The number of alkyl halides is 1. The summed E-state index contributed by atoms with van der Waals surface area (Å²) < 4.78 is 45.7. The number of hydrogen-bond donors (Lipinski definition) is 1. The van der Waals surface area contributed by atoms with E-state index >= 15 is 0 Å². The summed E-state index contributed by atoms with van der Waals surface area (Å²) >= 11 is 3.79. The van der Waals surface area contributed by atoms with Crippen LogP contribution in [0.15, 0.2) is 24.3 Å². The SMILES string of the molecule is COc1cc(C2c3cc4c(cc3C(C3OC(COC(C)=O)C(OC(C)=O)CC3Br)C3COC(=O)C23)OCO4)cc(OC)c1O. The van der Waals surface area contributed by atoms with Gasteiger partial charge < -0.3 is 43.0 Å². The molecule has 8 unspecified atom stereocenters. The van der Waals surface area contributed by atoms with E-state index in [1.54, 1.807) is 12.1 Å². The van der Waals surface area contributed by atoms with Crippen molar-refractivity contribution in [3.63, 3.8) is 0 Å². The summed E-state index contributed by atoms with van der Waals surface area (Å²) in [5.74, 6) is -1.83. The van der Waals surface area contributed by atoms with Gasteiger partial charge in [-0.05, 0) is 41.0 Å². The molecule has 13 heteroatoms. The van der Waals surface area contributed by atoms with Crippen LogP contribution in [0.5, 0.6) is 28.7 Å². The second-order valence-electron chi connectivity index (χ2n) is 11.3. The maximum atomic E-state index is 13.6. The van der Waals surface area contributed by atoms with Gasteiger partial charge in [-0.3, -0.25) is 14.4 Å². The summed E-state index contributed by atoms with van der Waals surface area (Å²) in [5.41, 5.74) is 2.36. The number of hydrogen-bond acceptors (Lipinski definition) is 12. The summed E-state index contributed by atoms with van der Waals surface area (Å²) in [7, 11) is 2.89. The van der Waals surface area contributed by atoms with Crippen molar-refractivity contribution in [2.75, 3.05) is 34.2 Å². The van der Waals surface area contributed by atoms with Crippen LogP contribution in [-0.4, -0.2) is 80.4 Å². The van der Waals surface area contributed by atoms with Crippen molar-refractivity contribution in [3.8, 4) is 28.7 Å². The molecule has 2 saturated heterocycles. The molecule has 2 fully saturated rings. The van der Waals surface area contributed by atoms with E-state index < -0.39 is 42.1 Å². The van der Waals surface area contributed by atoms with Crippen LogP contribution >= 0.6 is 15.9 Å². The minimum atomic E-state index is -0.737. The lowest BCUT2D eigenvalue weighted by Gasteiger charge is -2.47. The van der Waals surface area contributed by atoms with Crippen LogP contribution in [0.3, 0.4) is 0 Å². The number of phenolic OH excluding ortho intramolecular Hbond substituents is 1. The maximum Gasteiger partial charge on any atom is 0.310 e. The van der Waals surface area contributed by atoms with Gasteiger partial charge >= 0.3 is 17.9 Å². The van der Waals surface area contributed by atoms with E-state index in [1.807, 2.05) is 12.1 Å². The lowest BCUT2D eigenvalue weighted by Crippen LogP contribution is -2.53. The van der Waals surface area contributed by atoms with Gasteiger partial charge in [0.05, 0.1) is 32.8 Å². The van der Waals surface area contributed by atoms with E-state index in [9.17, 15) is 19.5 Å². The molecule has 8 atom stereocenters. The first-order valence-corrected chi connectivity index (χ1v) is 15.2. The molecule has 3 aliphatic heterocycles. The Morgan fingerprint density at radius 2 is 1.61 bits per heavy atom. The van der Waals surface area contributed by atoms with Crippen molar-refractivity contribution in [2.45, 2.75) is 55.2 Å². The number of carbonyl (C=O) groups is 3. The number of carbonyl (C=O) groups excluding carboxylic acids is 3. The highest BCUT2D eigenvalue weighted by molar-refractivity contribution is 9.09. The highest BCUT2D eigenvalue weighted by atomic mass is 79.9. The normalized spacial score (nSPS) is 30.1. The first-order chi connectivity index (χ1) is 21.1. The van der Waals surface area contributed by atoms with Crippen LogP contribution < -0.4 is 18.9 Å². The van der Waals surface area contributed by atoms with Crippen molar-refractivity contribution in [2.24, 2.45) is 11.8 Å². The summed E-state index contributed by atoms with van der Waals surface area (Å²) in [4.78, 5) is 36.9. The molecule has 1 N–H and O–H groups in total. The van der Waals surface area contributed by atoms with E-state index in [-0.39, 0.29) is 59.9 Å². The molecule has 44 heavy (non-hydrogen) atoms. The number of cyclic esters (lactones) is 1. The molecule has 236 valence electrons. The molecule has 0 spiro atoms. The van der Waals surface area contributed by atoms with Gasteiger partial charge in [-0.25, -0.2) is 0 Å². The Balaban J connectivity index is 1.48. The molecule has 2 aromatic carbocycles. The topological polar surface area (TPSA) is 145 Å². The van der Waals surface area contributed by atoms with Crippen molar-refractivity contribution in [3.05, 3.63) is 41.0 Å². The van der Waals surface area contributed by atoms with Gasteiger partial charge in [-0.2, -0.15) is 0 Å². The molecule has 0 radical (unpaired) electrons. The first kappa shape index (κ1) is 30.3. The van der Waals surface area contributed by atoms with Crippen LogP contribution in [-0.2, 0) is 33.3 Å². The molecule has 0 aromatic heterocycles. The quantitative estimate of drug-likeness (QED) is 0.260. The fourth-order valence-electron chi connectivity index (χ4n) is 7.00. The lowest BCUT2D eigenvalue weighted by molar-refractivity contribution is -0.183. The monoisotopic (exact) mass is 676 g/mol. The summed E-state index contributed by atoms with van der Waals surface area (Å²) in [6, 6.07) is 7.20. The predicted molar refractivity (Wildman–Crippen MR) is 154 cm³/mol. The van der Waals surface area contributed by atoms with Gasteiger partial charge in [-0.15, -0.1) is 0 Å². The zero-order valence-electron chi connectivity index (χ0n) is 24.6. The van der Waals surface area contributed by atoms with Crippen LogP contribution in [0.1, 0.15) is 48.8 Å². The molecular formula is C31H33BrO12. The van der Waals surface area contributed by atoms with E-state index in [0.29, 0.717) is 23.5 Å². The number of phenols is 1. The lowest BCUT2D eigenvalue weighted by atomic mass is 9.61. The maximum absolute atomic E-state index is 13.6. The highest BCUT2D eigenvalue weighted by Crippen LogP contribution is 2.58. The largest absolute Gasteiger partial charge is 0.502 e. The Bertz CT molecular complexity index is 1450. The number of aromatic hydroxyl groups is 1. The minimum absolute atomic E-state index is 0.0544. The van der Waals surface area contributed by atoms with E-state index in [1.165, 1.54) is 28.1 Å². The molecule has 12 nitrogen and oxygen atoms in total. The number of methoxy groups -OCH3 is 2. The third-order valence-corrected chi connectivity index (χ3v) is 9.68. The molecule has 1 aliphatic carbocycles. The first-order valence-electron chi connectivity index (χ1n) is 14.3. The van der Waals surface area contributed by atoms with Crippen molar-refractivity contribution in [1.82, 2.24) is 0 Å². The molecule has 6 rings (SSSR count). The average molecular weight is 677 g/mol. The number of esters is 3. The minimum Gasteiger partial charge on any atom is -0.502 e. The molecule has 0 bridgehead atoms. The van der Waals surface area contributed by atoms with Gasteiger partial charge in [0.25, 0.3) is 0 Å². The Hall–Kier alpha value is -3.71. The third kappa shape index (κ3) is 5.29. The number of benzene rings is 2. The van der Waals surface area contributed by atoms with Crippen molar-refractivity contribution < 1.29 is 57.4 Å². The van der Waals surface area contributed by atoms with Crippen molar-refractivity contribution in [1.29, 1.82) is 0 Å². The molecule has 0 amide bonds. The molecule has 3 heterocycles. The van der Waals surface area contributed by atoms with E-state index in [4.69, 9.17) is 37.9 Å². The standard InChI is InChI=1S/C31H33BrO12/c1-13(33)39-11-25-22(43-14(2)34)9-19(32)30(44-25)27-17-8-21-20(41-12-42-21)7-16(17)26(28-18(27)10-40-31(28)36)15-5-23(37-3)29(35)24(6-15)38-4/h5-8,18-19,22,25-28,30,35H,9-12H2,1-4H3. The Kier molecular flexibility index (Phi) is 8.27. The second-order valence-corrected chi connectivity index (χ2v) is 12.4. The van der Waals surface area contributed by atoms with Gasteiger partial charge in [-0.1, -0.05) is 15.9 Å². The Labute approximate surface area is 261 Å². The zero-order chi connectivity index (χ0) is 31.3. The van der Waals surface area contributed by atoms with Crippen molar-refractivity contribution >= 4 is 33.8 Å². The smallest absolute Gasteiger partial charge is 0.310 e. The van der Waals surface area contributed by atoms with Crippen LogP contribution in [0.25, 0.3) is 0 Å². The van der Waals surface area contributed by atoms with E-state index in [0.717, 1.165) is 11.1 Å². The van der Waals surface area contributed by atoms with Gasteiger partial charge in [0, 0.05) is 42.8 Å². The fraction of sp³-hybridized carbons (Fsp3) is 0.516. The predicted octanol–water partition coefficient (Wildman–Crippen LogP) is 3.57. The van der Waals surface area contributed by atoms with E-state index in [2.05, 4.69) is 15.9 Å². The molecule has 0 saturated carbocycles. The van der Waals surface area contributed by atoms with Gasteiger partial charge in [0.2, 0.25) is 12.5 Å². The van der Waals surface area contributed by atoms with Crippen LogP contribution in [0.2, 0.25) is 0 Å². The van der Waals surface area contributed by atoms with Crippen LogP contribution in [0.4, 0.5) is 0 Å². The van der Waals surface area contributed by atoms with Crippen LogP contribution in [0, 0.1) is 11.8 Å². The molecule has 2 aromatic rings. The Morgan fingerprint density at radius 3 is 2.23 bits per heavy atom. The summed E-state index contributed by atoms with van der Waals surface area (Å²) in [5, 5.41) is 10.6. The second kappa shape index (κ2) is 12.0. The fourth-order valence-corrected chi connectivity index (χ4v) is 7.82. The highest BCUT2D eigenvalue weighted by Gasteiger charge is 2.57. The number of ether oxygens (including phenoxy) is 8. The Morgan fingerprint density at radius 1 is 0.955 bits per heavy atom. The van der Waals surface area contributed by atoms with Gasteiger partial charge in [0.1, 0.15) is 18.8 Å². The molecular weight excluding hydrogens is 644 g/mol. The number of halogens is 1. The zero-order valence-corrected chi connectivity index (χ0v) is 26.2. The number of fused-ring (bicyclic) bond motifs is 3. The van der Waals surface area contributed by atoms with Gasteiger partial charge in [0.15, 0.2) is 23.0 Å². The summed E-state index contributed by atoms with van der Waals surface area (Å²) in [6.45, 7) is 2.71. The third-order valence-electron chi connectivity index (χ3n) is 8.79. The average Bonchev–Trinajstić information content (AvgIpc) is 3.60. The summed E-state index contributed by atoms with van der Waals surface area (Å²) in [6.07, 6.45) is -1.55.